The number of Topliss-reactive ketones (excluding diaryl/α,β-unsaturated/α-hetero) is 1. The fourth-order valence-electron chi connectivity index (χ4n) is 1.51. The second-order valence-electron chi connectivity index (χ2n) is 3.61. The van der Waals surface area contributed by atoms with Crippen LogP contribution in [0.5, 0.6) is 0 Å². The van der Waals surface area contributed by atoms with Crippen LogP contribution in [0.4, 0.5) is 0 Å². The van der Waals surface area contributed by atoms with Crippen LogP contribution in [0, 0.1) is 5.92 Å². The highest BCUT2D eigenvalue weighted by Crippen LogP contribution is 2.25. The number of allylic oxidation sites excluding steroid dienone is 1. The van der Waals surface area contributed by atoms with E-state index in [0.29, 0.717) is 13.0 Å². The number of carbonyl (C=O) groups excluding carboxylic acids is 2. The molecule has 0 spiro atoms. The highest BCUT2D eigenvalue weighted by atomic mass is 16.2. The number of rotatable bonds is 3. The normalized spacial score (nSPS) is 20.0. The van der Waals surface area contributed by atoms with E-state index in [1.165, 1.54) is 6.92 Å². The van der Waals surface area contributed by atoms with Gasteiger partial charge in [0.2, 0.25) is 5.91 Å². The Morgan fingerprint density at radius 3 is 2.40 bits per heavy atom. The van der Waals surface area contributed by atoms with Crippen molar-refractivity contribution in [2.45, 2.75) is 40.5 Å². The summed E-state index contributed by atoms with van der Waals surface area (Å²) in [4.78, 5) is 23.8. The average molecular weight is 211 g/mol. The van der Waals surface area contributed by atoms with Gasteiger partial charge in [0, 0.05) is 24.6 Å². The third-order valence-electron chi connectivity index (χ3n) is 2.30. The van der Waals surface area contributed by atoms with E-state index in [0.717, 1.165) is 12.1 Å². The van der Waals surface area contributed by atoms with Gasteiger partial charge in [0.25, 0.3) is 0 Å². The first-order valence-corrected chi connectivity index (χ1v) is 5.51. The molecule has 1 aliphatic rings. The predicted octanol–water partition coefficient (Wildman–Crippen LogP) is 2.37. The number of hydrogen-bond acceptors (Lipinski definition) is 2. The van der Waals surface area contributed by atoms with E-state index in [4.69, 9.17) is 0 Å². The van der Waals surface area contributed by atoms with E-state index >= 15 is 0 Å². The van der Waals surface area contributed by atoms with Crippen LogP contribution in [0.3, 0.4) is 0 Å². The molecular weight excluding hydrogens is 190 g/mol. The molecule has 0 aromatic rings. The molecule has 0 saturated carbocycles. The van der Waals surface area contributed by atoms with Gasteiger partial charge >= 0.3 is 0 Å². The number of ketones is 1. The minimum atomic E-state index is 0.0412. The Morgan fingerprint density at radius 1 is 1.53 bits per heavy atom. The molecule has 3 heteroatoms. The van der Waals surface area contributed by atoms with Gasteiger partial charge in [0.15, 0.2) is 0 Å². The highest BCUT2D eigenvalue weighted by Gasteiger charge is 2.30. The quantitative estimate of drug-likeness (QED) is 0.718. The van der Waals surface area contributed by atoms with Gasteiger partial charge in [-0.15, -0.1) is 0 Å². The molecule has 1 atom stereocenters. The van der Waals surface area contributed by atoms with Crippen molar-refractivity contribution in [2.75, 3.05) is 6.54 Å². The lowest BCUT2D eigenvalue weighted by Gasteiger charge is -2.16. The fourth-order valence-corrected chi connectivity index (χ4v) is 1.51. The Morgan fingerprint density at radius 2 is 2.07 bits per heavy atom. The van der Waals surface area contributed by atoms with Crippen molar-refractivity contribution < 1.29 is 9.59 Å². The number of nitrogens with zero attached hydrogens (tertiary/aromatic N) is 1. The van der Waals surface area contributed by atoms with E-state index in [1.54, 1.807) is 4.90 Å². The van der Waals surface area contributed by atoms with E-state index in [1.807, 2.05) is 20.8 Å². The van der Waals surface area contributed by atoms with Crippen LogP contribution in [0.25, 0.3) is 0 Å². The molecule has 0 aromatic heterocycles. The third-order valence-corrected chi connectivity index (χ3v) is 2.30. The molecule has 1 saturated heterocycles. The molecule has 1 rings (SSSR count). The second kappa shape index (κ2) is 6.38. The van der Waals surface area contributed by atoms with Crippen LogP contribution in [-0.4, -0.2) is 23.1 Å². The van der Waals surface area contributed by atoms with Crippen molar-refractivity contribution in [3.8, 4) is 0 Å². The zero-order valence-corrected chi connectivity index (χ0v) is 10.2. The Labute approximate surface area is 92.1 Å². The van der Waals surface area contributed by atoms with Crippen molar-refractivity contribution in [1.29, 1.82) is 0 Å². The summed E-state index contributed by atoms with van der Waals surface area (Å²) in [5, 5.41) is 0. The van der Waals surface area contributed by atoms with Crippen molar-refractivity contribution in [1.82, 2.24) is 4.90 Å². The standard InChI is InChI=1S/C10H15NO2.C2H6/c1-7-6-8(2)11(10(7)13)5-4-9(3)12;1-2/h7H,2,4-6H2,1,3H3;1-2H3. The number of likely N-dealkylation sites (tertiary alicyclic amines) is 1. The lowest BCUT2D eigenvalue weighted by Crippen LogP contribution is -2.27. The zero-order chi connectivity index (χ0) is 12.0. The van der Waals surface area contributed by atoms with E-state index in [9.17, 15) is 9.59 Å². The molecule has 0 aromatic carbocycles. The van der Waals surface area contributed by atoms with Crippen LogP contribution in [-0.2, 0) is 9.59 Å². The molecule has 1 amide bonds. The molecule has 0 bridgehead atoms. The average Bonchev–Trinajstić information content (AvgIpc) is 2.42. The summed E-state index contributed by atoms with van der Waals surface area (Å²) < 4.78 is 0. The molecule has 15 heavy (non-hydrogen) atoms. The maximum absolute atomic E-state index is 11.5. The van der Waals surface area contributed by atoms with Gasteiger partial charge in [0.1, 0.15) is 5.78 Å². The monoisotopic (exact) mass is 211 g/mol. The van der Waals surface area contributed by atoms with Gasteiger partial charge in [0.05, 0.1) is 0 Å². The molecule has 0 N–H and O–H groups in total. The van der Waals surface area contributed by atoms with E-state index < -0.39 is 0 Å². The molecule has 1 heterocycles. The highest BCUT2D eigenvalue weighted by molar-refractivity contribution is 5.84. The first-order chi connectivity index (χ1) is 7.02. The molecular formula is C12H21NO2. The smallest absolute Gasteiger partial charge is 0.229 e. The van der Waals surface area contributed by atoms with Crippen LogP contribution < -0.4 is 0 Å². The lowest BCUT2D eigenvalue weighted by atomic mass is 10.1. The summed E-state index contributed by atoms with van der Waals surface area (Å²) in [6.45, 7) is 11.7. The largest absolute Gasteiger partial charge is 0.316 e. The van der Waals surface area contributed by atoms with Crippen molar-refractivity contribution in [3.05, 3.63) is 12.3 Å². The minimum absolute atomic E-state index is 0.0412. The summed E-state index contributed by atoms with van der Waals surface area (Å²) in [5.74, 6) is 0.255. The Hall–Kier alpha value is -1.12. The number of carbonyl (C=O) groups is 2. The van der Waals surface area contributed by atoms with Crippen LogP contribution >= 0.6 is 0 Å². The maximum Gasteiger partial charge on any atom is 0.229 e. The molecule has 3 nitrogen and oxygen atoms in total. The van der Waals surface area contributed by atoms with Gasteiger partial charge in [-0.05, 0) is 13.3 Å². The summed E-state index contributed by atoms with van der Waals surface area (Å²) in [6.07, 6.45) is 1.16. The predicted molar refractivity (Wildman–Crippen MR) is 61.3 cm³/mol. The molecule has 0 aliphatic carbocycles. The summed E-state index contributed by atoms with van der Waals surface area (Å²) in [7, 11) is 0. The van der Waals surface area contributed by atoms with Crippen LogP contribution in [0.15, 0.2) is 12.3 Å². The number of hydrogen-bond donors (Lipinski definition) is 0. The molecule has 86 valence electrons. The minimum Gasteiger partial charge on any atom is -0.316 e. The zero-order valence-electron chi connectivity index (χ0n) is 10.2. The summed E-state index contributed by atoms with van der Waals surface area (Å²) in [5.41, 5.74) is 0.846. The first kappa shape index (κ1) is 13.9. The Kier molecular flexibility index (Phi) is 5.90. The topological polar surface area (TPSA) is 37.4 Å². The van der Waals surface area contributed by atoms with Crippen molar-refractivity contribution in [2.24, 2.45) is 5.92 Å². The van der Waals surface area contributed by atoms with Gasteiger partial charge < -0.3 is 4.90 Å². The molecule has 1 aliphatic heterocycles. The van der Waals surface area contributed by atoms with Gasteiger partial charge in [-0.3, -0.25) is 9.59 Å². The Balaban J connectivity index is 0.000000921. The molecule has 1 unspecified atom stereocenters. The van der Waals surface area contributed by atoms with Crippen molar-refractivity contribution in [3.63, 3.8) is 0 Å². The van der Waals surface area contributed by atoms with Gasteiger partial charge in [-0.25, -0.2) is 0 Å². The number of amides is 1. The second-order valence-corrected chi connectivity index (χ2v) is 3.61. The molecule has 1 fully saturated rings. The lowest BCUT2D eigenvalue weighted by molar-refractivity contribution is -0.130. The van der Waals surface area contributed by atoms with Gasteiger partial charge in [-0.1, -0.05) is 27.4 Å². The fraction of sp³-hybridized carbons (Fsp3) is 0.667. The van der Waals surface area contributed by atoms with E-state index in [2.05, 4.69) is 6.58 Å². The van der Waals surface area contributed by atoms with Gasteiger partial charge in [-0.2, -0.15) is 0 Å². The van der Waals surface area contributed by atoms with E-state index in [-0.39, 0.29) is 17.6 Å². The summed E-state index contributed by atoms with van der Waals surface area (Å²) >= 11 is 0. The summed E-state index contributed by atoms with van der Waals surface area (Å²) in [6, 6.07) is 0. The first-order valence-electron chi connectivity index (χ1n) is 5.51. The maximum atomic E-state index is 11.5. The third kappa shape index (κ3) is 3.86. The molecule has 0 radical (unpaired) electrons. The SMILES string of the molecule is C=C1CC(C)C(=O)N1CCC(C)=O.CC. The van der Waals surface area contributed by atoms with Crippen LogP contribution in [0.1, 0.15) is 40.5 Å². The van der Waals surface area contributed by atoms with Crippen molar-refractivity contribution >= 4 is 11.7 Å². The van der Waals surface area contributed by atoms with Crippen LogP contribution in [0.2, 0.25) is 0 Å². The Bertz CT molecular complexity index is 258.